The third-order valence-corrected chi connectivity index (χ3v) is 5.74. The Balaban J connectivity index is 2.10. The van der Waals surface area contributed by atoms with Crippen molar-refractivity contribution in [2.45, 2.75) is 51.5 Å². The highest BCUT2D eigenvalue weighted by Crippen LogP contribution is 2.41. The third-order valence-electron chi connectivity index (χ3n) is 5.74. The first kappa shape index (κ1) is 14.3. The normalized spacial score (nSPS) is 34.0. The molecule has 2 aliphatic heterocycles. The summed E-state index contributed by atoms with van der Waals surface area (Å²) in [7, 11) is 2.24. The fourth-order valence-corrected chi connectivity index (χ4v) is 4.06. The van der Waals surface area contributed by atoms with Gasteiger partial charge in [-0.3, -0.25) is 4.90 Å². The Morgan fingerprint density at radius 2 is 1.78 bits per heavy atom. The molecule has 2 N–H and O–H groups in total. The van der Waals surface area contributed by atoms with Crippen molar-refractivity contribution >= 4 is 0 Å². The van der Waals surface area contributed by atoms with Crippen molar-refractivity contribution in [3.8, 4) is 0 Å². The van der Waals surface area contributed by atoms with Crippen LogP contribution in [0.4, 0.5) is 0 Å². The quantitative estimate of drug-likeness (QED) is 0.831. The van der Waals surface area contributed by atoms with Crippen LogP contribution >= 0.6 is 0 Å². The zero-order valence-electron chi connectivity index (χ0n) is 12.5. The van der Waals surface area contributed by atoms with E-state index in [1.807, 2.05) is 0 Å². The summed E-state index contributed by atoms with van der Waals surface area (Å²) < 4.78 is 0. The first-order valence-corrected chi connectivity index (χ1v) is 7.73. The van der Waals surface area contributed by atoms with E-state index in [0.29, 0.717) is 5.41 Å². The first-order valence-electron chi connectivity index (χ1n) is 7.73. The Hall–Kier alpha value is -0.120. The van der Waals surface area contributed by atoms with Crippen molar-refractivity contribution in [3.63, 3.8) is 0 Å². The second kappa shape index (κ2) is 5.48. The van der Waals surface area contributed by atoms with Crippen molar-refractivity contribution < 1.29 is 0 Å². The largest absolute Gasteiger partial charge is 0.329 e. The number of piperidine rings is 1. The van der Waals surface area contributed by atoms with E-state index in [1.165, 1.54) is 51.7 Å². The fraction of sp³-hybridized carbons (Fsp3) is 1.00. The van der Waals surface area contributed by atoms with Crippen LogP contribution in [0.2, 0.25) is 0 Å². The molecule has 3 nitrogen and oxygen atoms in total. The maximum Gasteiger partial charge on any atom is 0.0458 e. The zero-order chi connectivity index (χ0) is 13.2. The van der Waals surface area contributed by atoms with Crippen molar-refractivity contribution in [2.24, 2.45) is 11.1 Å². The summed E-state index contributed by atoms with van der Waals surface area (Å²) in [6.45, 7) is 10.5. The topological polar surface area (TPSA) is 32.5 Å². The van der Waals surface area contributed by atoms with Crippen LogP contribution in [0.5, 0.6) is 0 Å². The molecule has 106 valence electrons. The van der Waals surface area contributed by atoms with Gasteiger partial charge < -0.3 is 10.6 Å². The molecule has 2 heterocycles. The second-order valence-corrected chi connectivity index (χ2v) is 6.65. The highest BCUT2D eigenvalue weighted by molar-refractivity contribution is 5.02. The van der Waals surface area contributed by atoms with Gasteiger partial charge in [-0.2, -0.15) is 0 Å². The van der Waals surface area contributed by atoms with E-state index in [1.54, 1.807) is 0 Å². The number of nitrogens with two attached hydrogens (primary N) is 1. The Morgan fingerprint density at radius 3 is 2.28 bits per heavy atom. The average molecular weight is 253 g/mol. The number of hydrogen-bond donors (Lipinski definition) is 1. The van der Waals surface area contributed by atoms with Crippen LogP contribution in [-0.2, 0) is 0 Å². The summed E-state index contributed by atoms with van der Waals surface area (Å²) >= 11 is 0. The molecule has 1 unspecified atom stereocenters. The molecule has 1 atom stereocenters. The standard InChI is InChI=1S/C15H31N3/c1-4-14(5-2)8-10-18(12-14)15(11-16)7-6-9-17(3)13-15/h4-13,16H2,1-3H3. The predicted molar refractivity (Wildman–Crippen MR) is 77.7 cm³/mol. The lowest BCUT2D eigenvalue weighted by atomic mass is 9.81. The van der Waals surface area contributed by atoms with Crippen LogP contribution in [0.15, 0.2) is 0 Å². The molecular weight excluding hydrogens is 222 g/mol. The minimum absolute atomic E-state index is 0.263. The van der Waals surface area contributed by atoms with Gasteiger partial charge in [0.25, 0.3) is 0 Å². The summed E-state index contributed by atoms with van der Waals surface area (Å²) in [5, 5.41) is 0. The first-order chi connectivity index (χ1) is 8.60. The molecule has 18 heavy (non-hydrogen) atoms. The van der Waals surface area contributed by atoms with E-state index in [2.05, 4.69) is 30.7 Å². The lowest BCUT2D eigenvalue weighted by Gasteiger charge is -2.47. The maximum absolute atomic E-state index is 6.18. The van der Waals surface area contributed by atoms with Crippen LogP contribution in [0.25, 0.3) is 0 Å². The Kier molecular flexibility index (Phi) is 4.35. The molecular formula is C15H31N3. The van der Waals surface area contributed by atoms with Gasteiger partial charge in [0, 0.05) is 25.2 Å². The Labute approximate surface area is 113 Å². The highest BCUT2D eigenvalue weighted by atomic mass is 15.3. The van der Waals surface area contributed by atoms with Gasteiger partial charge in [0.05, 0.1) is 0 Å². The number of rotatable bonds is 4. The van der Waals surface area contributed by atoms with Crippen molar-refractivity contribution in [1.29, 1.82) is 0 Å². The van der Waals surface area contributed by atoms with Crippen LogP contribution in [0.3, 0.4) is 0 Å². The summed E-state index contributed by atoms with van der Waals surface area (Å²) in [4.78, 5) is 5.20. The lowest BCUT2D eigenvalue weighted by Crippen LogP contribution is -2.61. The Bertz CT molecular complexity index is 275. The van der Waals surface area contributed by atoms with Crippen LogP contribution in [0, 0.1) is 5.41 Å². The van der Waals surface area contributed by atoms with Gasteiger partial charge in [-0.1, -0.05) is 13.8 Å². The zero-order valence-corrected chi connectivity index (χ0v) is 12.5. The molecule has 0 radical (unpaired) electrons. The number of nitrogens with zero attached hydrogens (tertiary/aromatic N) is 2. The SMILES string of the molecule is CCC1(CC)CCN(C2(CN)CCCN(C)C2)C1. The van der Waals surface area contributed by atoms with Crippen LogP contribution in [-0.4, -0.2) is 55.1 Å². The molecule has 2 fully saturated rings. The number of hydrogen-bond acceptors (Lipinski definition) is 3. The number of likely N-dealkylation sites (tertiary alicyclic amines) is 2. The average Bonchev–Trinajstić information content (AvgIpc) is 2.84. The summed E-state index contributed by atoms with van der Waals surface area (Å²) in [5.74, 6) is 0. The van der Waals surface area contributed by atoms with Gasteiger partial charge in [-0.25, -0.2) is 0 Å². The highest BCUT2D eigenvalue weighted by Gasteiger charge is 2.45. The van der Waals surface area contributed by atoms with E-state index in [4.69, 9.17) is 5.73 Å². The van der Waals surface area contributed by atoms with Gasteiger partial charge in [0.15, 0.2) is 0 Å². The van der Waals surface area contributed by atoms with Gasteiger partial charge in [-0.05, 0) is 57.7 Å². The second-order valence-electron chi connectivity index (χ2n) is 6.65. The minimum Gasteiger partial charge on any atom is -0.329 e. The van der Waals surface area contributed by atoms with Crippen LogP contribution in [0.1, 0.15) is 46.0 Å². The van der Waals surface area contributed by atoms with E-state index >= 15 is 0 Å². The molecule has 3 heteroatoms. The molecule has 2 rings (SSSR count). The van der Waals surface area contributed by atoms with E-state index in [9.17, 15) is 0 Å². The molecule has 2 saturated heterocycles. The predicted octanol–water partition coefficient (Wildman–Crippen LogP) is 1.92. The smallest absolute Gasteiger partial charge is 0.0458 e. The van der Waals surface area contributed by atoms with Crippen molar-refractivity contribution in [1.82, 2.24) is 9.80 Å². The van der Waals surface area contributed by atoms with Crippen molar-refractivity contribution in [2.75, 3.05) is 39.8 Å². The lowest BCUT2D eigenvalue weighted by molar-refractivity contribution is 0.0335. The maximum atomic E-state index is 6.18. The van der Waals surface area contributed by atoms with Crippen LogP contribution < -0.4 is 5.73 Å². The molecule has 0 aromatic heterocycles. The summed E-state index contributed by atoms with van der Waals surface area (Å²) in [6.07, 6.45) is 6.59. The fourth-order valence-electron chi connectivity index (χ4n) is 4.06. The third kappa shape index (κ3) is 2.45. The van der Waals surface area contributed by atoms with E-state index in [-0.39, 0.29) is 5.54 Å². The molecule has 0 amide bonds. The molecule has 0 aromatic rings. The minimum atomic E-state index is 0.263. The molecule has 0 bridgehead atoms. The van der Waals surface area contributed by atoms with Crippen molar-refractivity contribution in [3.05, 3.63) is 0 Å². The molecule has 0 aromatic carbocycles. The van der Waals surface area contributed by atoms with Gasteiger partial charge in [-0.15, -0.1) is 0 Å². The molecule has 0 saturated carbocycles. The molecule has 2 aliphatic rings. The summed E-state index contributed by atoms with van der Waals surface area (Å²) in [5.41, 5.74) is 7.01. The van der Waals surface area contributed by atoms with E-state index < -0.39 is 0 Å². The Morgan fingerprint density at radius 1 is 1.06 bits per heavy atom. The molecule has 0 spiro atoms. The van der Waals surface area contributed by atoms with Gasteiger partial charge in [0.1, 0.15) is 0 Å². The summed E-state index contributed by atoms with van der Waals surface area (Å²) in [6, 6.07) is 0. The number of likely N-dealkylation sites (N-methyl/N-ethyl adjacent to an activating group) is 1. The van der Waals surface area contributed by atoms with Gasteiger partial charge >= 0.3 is 0 Å². The monoisotopic (exact) mass is 253 g/mol. The molecule has 0 aliphatic carbocycles. The van der Waals surface area contributed by atoms with E-state index in [0.717, 1.165) is 13.1 Å². The van der Waals surface area contributed by atoms with Gasteiger partial charge in [0.2, 0.25) is 0 Å².